The molecule has 1 N–H and O–H groups in total. The Morgan fingerprint density at radius 1 is 1.18 bits per heavy atom. The minimum atomic E-state index is -0.786. The van der Waals surface area contributed by atoms with Crippen molar-refractivity contribution in [1.82, 2.24) is 40.0 Å². The monoisotopic (exact) mass is 466 g/mol. The number of esters is 1. The summed E-state index contributed by atoms with van der Waals surface area (Å²) in [6.07, 6.45) is 9.76. The number of β-amino-alcohol motifs (C(OH)–C–C–N with tert-alkyl or cyclic N) is 1. The lowest BCUT2D eigenvalue weighted by molar-refractivity contribution is -0.139. The van der Waals surface area contributed by atoms with Crippen molar-refractivity contribution >= 4 is 11.9 Å². The summed E-state index contributed by atoms with van der Waals surface area (Å²) in [5.74, 6) is 0.767. The standard InChI is InChI=1S/C22H26N8O4/c31-18(16-9-24-19(10-23-16)29-13-25-26-27-29)11-28-5-3-22(4-6-28)8-17(14-1-2-14)30(21(22)33)15-7-20(32)34-12-15/h7,9-10,13-14,17-18,31H,1-6,8,11-12H2. The molecule has 3 aliphatic heterocycles. The molecule has 1 saturated carbocycles. The van der Waals surface area contributed by atoms with E-state index in [-0.39, 0.29) is 24.5 Å². The van der Waals surface area contributed by atoms with E-state index < -0.39 is 11.5 Å². The quantitative estimate of drug-likeness (QED) is 0.580. The molecular formula is C22H26N8O4. The number of aliphatic hydroxyl groups excluding tert-OH is 1. The summed E-state index contributed by atoms with van der Waals surface area (Å²) in [6.45, 7) is 2.05. The SMILES string of the molecule is O=C1C=C(N2C(=O)C3(CCN(CC(O)c4cnc(-n5cnnn5)cn4)CC3)CC2C2CC2)CO1. The lowest BCUT2D eigenvalue weighted by Gasteiger charge is -2.38. The third-order valence-electron chi connectivity index (χ3n) is 7.55. The first kappa shape index (κ1) is 21.3. The maximum atomic E-state index is 13.6. The van der Waals surface area contributed by atoms with Crippen LogP contribution in [0.5, 0.6) is 0 Å². The fourth-order valence-electron chi connectivity index (χ4n) is 5.50. The van der Waals surface area contributed by atoms with Crippen molar-refractivity contribution in [2.45, 2.75) is 44.2 Å². The molecule has 6 rings (SSSR count). The number of aliphatic hydroxyl groups is 1. The summed E-state index contributed by atoms with van der Waals surface area (Å²) in [5, 5.41) is 21.6. The van der Waals surface area contributed by atoms with E-state index in [0.29, 0.717) is 29.7 Å². The molecule has 0 radical (unpaired) electrons. The zero-order chi connectivity index (χ0) is 23.3. The van der Waals surface area contributed by atoms with E-state index >= 15 is 0 Å². The number of piperidine rings is 1. The van der Waals surface area contributed by atoms with E-state index in [2.05, 4.69) is 30.4 Å². The van der Waals surface area contributed by atoms with Gasteiger partial charge in [-0.2, -0.15) is 4.68 Å². The van der Waals surface area contributed by atoms with Gasteiger partial charge in [-0.05, 0) is 61.5 Å². The number of cyclic esters (lactones) is 1. The molecular weight excluding hydrogens is 440 g/mol. The van der Waals surface area contributed by atoms with Gasteiger partial charge in [0.15, 0.2) is 5.82 Å². The van der Waals surface area contributed by atoms with E-state index in [1.54, 1.807) is 0 Å². The molecule has 12 heteroatoms. The van der Waals surface area contributed by atoms with Crippen molar-refractivity contribution in [3.8, 4) is 5.82 Å². The average Bonchev–Trinajstić information content (AvgIpc) is 3.24. The number of rotatable bonds is 6. The Morgan fingerprint density at radius 2 is 2.00 bits per heavy atom. The number of likely N-dealkylation sites (tertiary alicyclic amines) is 2. The predicted octanol–water partition coefficient (Wildman–Crippen LogP) is 0.0195. The van der Waals surface area contributed by atoms with Crippen LogP contribution in [-0.2, 0) is 14.3 Å². The van der Waals surface area contributed by atoms with Crippen LogP contribution in [0.15, 0.2) is 30.5 Å². The van der Waals surface area contributed by atoms with Crippen LogP contribution in [0.4, 0.5) is 0 Å². The molecule has 1 amide bonds. The maximum Gasteiger partial charge on any atom is 0.333 e. The first-order valence-corrected chi connectivity index (χ1v) is 11.7. The van der Waals surface area contributed by atoms with E-state index in [1.807, 2.05) is 4.90 Å². The van der Waals surface area contributed by atoms with Gasteiger partial charge in [0.2, 0.25) is 5.91 Å². The molecule has 2 aromatic heterocycles. The normalized spacial score (nSPS) is 25.6. The average molecular weight is 467 g/mol. The van der Waals surface area contributed by atoms with Crippen LogP contribution < -0.4 is 0 Å². The van der Waals surface area contributed by atoms with Gasteiger partial charge in [-0.3, -0.25) is 9.78 Å². The second-order valence-electron chi connectivity index (χ2n) is 9.68. The summed E-state index contributed by atoms with van der Waals surface area (Å²) in [7, 11) is 0. The summed E-state index contributed by atoms with van der Waals surface area (Å²) >= 11 is 0. The Labute approximate surface area is 195 Å². The number of amides is 1. The molecule has 3 fully saturated rings. The highest BCUT2D eigenvalue weighted by molar-refractivity contribution is 5.91. The van der Waals surface area contributed by atoms with Crippen molar-refractivity contribution in [1.29, 1.82) is 0 Å². The topological polar surface area (TPSA) is 139 Å². The molecule has 0 aromatic carbocycles. The number of ether oxygens (including phenoxy) is 1. The molecule has 12 nitrogen and oxygen atoms in total. The molecule has 5 heterocycles. The number of nitrogens with zero attached hydrogens (tertiary/aromatic N) is 8. The van der Waals surface area contributed by atoms with Crippen LogP contribution in [0.1, 0.15) is 43.9 Å². The molecule has 1 spiro atoms. The minimum absolute atomic E-state index is 0.137. The smallest absolute Gasteiger partial charge is 0.333 e. The number of hydrogen-bond acceptors (Lipinski definition) is 10. The molecule has 4 aliphatic rings. The van der Waals surface area contributed by atoms with Gasteiger partial charge in [0, 0.05) is 18.7 Å². The zero-order valence-electron chi connectivity index (χ0n) is 18.7. The van der Waals surface area contributed by atoms with Gasteiger partial charge in [0.05, 0.1) is 29.2 Å². The third kappa shape index (κ3) is 3.76. The summed E-state index contributed by atoms with van der Waals surface area (Å²) in [6, 6.07) is 0.166. The van der Waals surface area contributed by atoms with Gasteiger partial charge in [-0.1, -0.05) is 0 Å². The van der Waals surface area contributed by atoms with Gasteiger partial charge in [-0.25, -0.2) is 9.78 Å². The molecule has 2 atom stereocenters. The van der Waals surface area contributed by atoms with Gasteiger partial charge < -0.3 is 19.6 Å². The van der Waals surface area contributed by atoms with Crippen molar-refractivity contribution < 1.29 is 19.4 Å². The van der Waals surface area contributed by atoms with Crippen molar-refractivity contribution in [2.24, 2.45) is 11.3 Å². The Morgan fingerprint density at radius 3 is 2.62 bits per heavy atom. The number of tetrazole rings is 1. The summed E-state index contributed by atoms with van der Waals surface area (Å²) in [5.41, 5.74) is 0.797. The van der Waals surface area contributed by atoms with E-state index in [0.717, 1.165) is 45.2 Å². The summed E-state index contributed by atoms with van der Waals surface area (Å²) in [4.78, 5) is 37.9. The number of aromatic nitrogens is 6. The van der Waals surface area contributed by atoms with Crippen molar-refractivity contribution in [3.05, 3.63) is 36.2 Å². The van der Waals surface area contributed by atoms with E-state index in [4.69, 9.17) is 4.74 Å². The lowest BCUT2D eigenvalue weighted by Crippen LogP contribution is -2.45. The van der Waals surface area contributed by atoms with Crippen LogP contribution in [0.25, 0.3) is 5.82 Å². The van der Waals surface area contributed by atoms with Gasteiger partial charge >= 0.3 is 5.97 Å². The van der Waals surface area contributed by atoms with Gasteiger partial charge in [0.25, 0.3) is 0 Å². The largest absolute Gasteiger partial charge is 0.456 e. The van der Waals surface area contributed by atoms with Crippen molar-refractivity contribution in [2.75, 3.05) is 26.2 Å². The van der Waals surface area contributed by atoms with Crippen LogP contribution >= 0.6 is 0 Å². The lowest BCUT2D eigenvalue weighted by atomic mass is 9.75. The summed E-state index contributed by atoms with van der Waals surface area (Å²) < 4.78 is 6.49. The Bertz CT molecular complexity index is 1110. The Hall–Kier alpha value is -3.25. The predicted molar refractivity (Wildman–Crippen MR) is 115 cm³/mol. The highest BCUT2D eigenvalue weighted by Gasteiger charge is 2.57. The number of carbonyl (C=O) groups is 2. The molecule has 2 aromatic rings. The molecule has 0 bridgehead atoms. The Balaban J connectivity index is 1.10. The molecule has 34 heavy (non-hydrogen) atoms. The maximum absolute atomic E-state index is 13.6. The highest BCUT2D eigenvalue weighted by atomic mass is 16.5. The first-order valence-electron chi connectivity index (χ1n) is 11.7. The van der Waals surface area contributed by atoms with Crippen LogP contribution in [-0.4, -0.2) is 89.2 Å². The molecule has 2 unspecified atom stereocenters. The fraction of sp³-hybridized carbons (Fsp3) is 0.591. The number of carbonyl (C=O) groups excluding carboxylic acids is 2. The molecule has 1 aliphatic carbocycles. The van der Waals surface area contributed by atoms with Gasteiger partial charge in [-0.15, -0.1) is 5.10 Å². The van der Waals surface area contributed by atoms with Gasteiger partial charge in [0.1, 0.15) is 19.0 Å². The van der Waals surface area contributed by atoms with Crippen LogP contribution in [0, 0.1) is 11.3 Å². The fourth-order valence-corrected chi connectivity index (χ4v) is 5.50. The van der Waals surface area contributed by atoms with Crippen molar-refractivity contribution in [3.63, 3.8) is 0 Å². The van der Waals surface area contributed by atoms with Crippen LogP contribution in [0.3, 0.4) is 0 Å². The second kappa shape index (κ2) is 8.20. The number of hydrogen-bond donors (Lipinski definition) is 1. The Kier molecular flexibility index (Phi) is 5.14. The van der Waals surface area contributed by atoms with E-state index in [1.165, 1.54) is 29.5 Å². The zero-order valence-corrected chi connectivity index (χ0v) is 18.7. The van der Waals surface area contributed by atoms with E-state index in [9.17, 15) is 14.7 Å². The molecule has 2 saturated heterocycles. The highest BCUT2D eigenvalue weighted by Crippen LogP contribution is 2.52. The molecule has 178 valence electrons. The second-order valence-corrected chi connectivity index (χ2v) is 9.68. The van der Waals surface area contributed by atoms with Crippen LogP contribution in [0.2, 0.25) is 0 Å². The minimum Gasteiger partial charge on any atom is -0.456 e. The third-order valence-corrected chi connectivity index (χ3v) is 7.55. The first-order chi connectivity index (χ1) is 16.5.